The van der Waals surface area contributed by atoms with Crippen molar-refractivity contribution >= 4 is 18.3 Å². The minimum atomic E-state index is -0.508. The van der Waals surface area contributed by atoms with Gasteiger partial charge in [-0.2, -0.15) is 0 Å². The van der Waals surface area contributed by atoms with Gasteiger partial charge in [0.1, 0.15) is 0 Å². The fourth-order valence-corrected chi connectivity index (χ4v) is 2.11. The van der Waals surface area contributed by atoms with E-state index in [1.807, 2.05) is 6.92 Å². The van der Waals surface area contributed by atoms with Gasteiger partial charge in [0.25, 0.3) is 5.91 Å². The molecule has 0 spiro atoms. The van der Waals surface area contributed by atoms with Gasteiger partial charge in [0, 0.05) is 31.2 Å². The highest BCUT2D eigenvalue weighted by Crippen LogP contribution is 2.19. The zero-order valence-electron chi connectivity index (χ0n) is 11.0. The lowest BCUT2D eigenvalue weighted by molar-refractivity contribution is 0.0655. The molecule has 2 rings (SSSR count). The highest BCUT2D eigenvalue weighted by Gasteiger charge is 2.24. The Morgan fingerprint density at radius 3 is 2.84 bits per heavy atom. The lowest BCUT2D eigenvalue weighted by Crippen LogP contribution is -2.52. The number of carbonyl (C=O) groups is 1. The summed E-state index contributed by atoms with van der Waals surface area (Å²) in [5.41, 5.74) is 0.363. The number of carbonyl (C=O) groups excluding carboxylic acids is 1. The van der Waals surface area contributed by atoms with Gasteiger partial charge in [-0.05, 0) is 25.1 Å². The van der Waals surface area contributed by atoms with Crippen molar-refractivity contribution in [1.29, 1.82) is 0 Å². The Balaban J connectivity index is 0.00000180. The van der Waals surface area contributed by atoms with Gasteiger partial charge in [-0.3, -0.25) is 4.79 Å². The van der Waals surface area contributed by atoms with Crippen LogP contribution in [-0.4, -0.2) is 43.6 Å². The Kier molecular flexibility index (Phi) is 5.57. The zero-order chi connectivity index (χ0) is 13.1. The highest BCUT2D eigenvalue weighted by atomic mass is 35.5. The molecule has 1 amide bonds. The van der Waals surface area contributed by atoms with E-state index in [1.165, 1.54) is 19.2 Å². The number of ether oxygens (including phenoxy) is 1. The molecule has 0 aromatic heterocycles. The van der Waals surface area contributed by atoms with E-state index in [2.05, 4.69) is 5.32 Å². The molecule has 1 aromatic carbocycles. The zero-order valence-corrected chi connectivity index (χ0v) is 11.8. The van der Waals surface area contributed by atoms with Crippen LogP contribution in [0.3, 0.4) is 0 Å². The molecule has 0 aliphatic carbocycles. The molecule has 1 aliphatic heterocycles. The summed E-state index contributed by atoms with van der Waals surface area (Å²) in [5, 5.41) is 3.21. The van der Waals surface area contributed by atoms with Gasteiger partial charge in [-0.15, -0.1) is 12.4 Å². The number of benzene rings is 1. The van der Waals surface area contributed by atoms with E-state index in [4.69, 9.17) is 4.74 Å². The van der Waals surface area contributed by atoms with Crippen molar-refractivity contribution in [2.45, 2.75) is 13.0 Å². The van der Waals surface area contributed by atoms with Crippen LogP contribution in [0.4, 0.5) is 4.39 Å². The van der Waals surface area contributed by atoms with Crippen LogP contribution in [0.15, 0.2) is 18.2 Å². The number of halogens is 2. The van der Waals surface area contributed by atoms with Crippen LogP contribution in [0.5, 0.6) is 5.75 Å². The number of nitrogens with one attached hydrogen (secondary N) is 1. The molecule has 0 radical (unpaired) electrons. The summed E-state index contributed by atoms with van der Waals surface area (Å²) < 4.78 is 18.4. The second-order valence-electron chi connectivity index (χ2n) is 4.40. The first-order chi connectivity index (χ1) is 8.63. The minimum Gasteiger partial charge on any atom is -0.494 e. The van der Waals surface area contributed by atoms with Gasteiger partial charge >= 0.3 is 0 Å². The summed E-state index contributed by atoms with van der Waals surface area (Å²) in [6.07, 6.45) is 0. The third-order valence-corrected chi connectivity index (χ3v) is 3.16. The standard InChI is InChI=1S/C13H17FN2O2.ClH/c1-9-8-15-5-6-16(9)13(17)10-3-4-12(18-2)11(14)7-10;/h3-4,7,9,15H,5-6,8H2,1-2H3;1H. The van der Waals surface area contributed by atoms with Crippen molar-refractivity contribution in [3.8, 4) is 5.75 Å². The molecule has 19 heavy (non-hydrogen) atoms. The molecule has 1 heterocycles. The maximum absolute atomic E-state index is 13.6. The summed E-state index contributed by atoms with van der Waals surface area (Å²) in [5.74, 6) is -0.489. The van der Waals surface area contributed by atoms with Crippen LogP contribution in [0.2, 0.25) is 0 Å². The average Bonchev–Trinajstić information content (AvgIpc) is 2.38. The fourth-order valence-electron chi connectivity index (χ4n) is 2.11. The molecule has 1 fully saturated rings. The molecule has 1 N–H and O–H groups in total. The Morgan fingerprint density at radius 2 is 2.26 bits per heavy atom. The molecule has 1 unspecified atom stereocenters. The third kappa shape index (κ3) is 3.36. The third-order valence-electron chi connectivity index (χ3n) is 3.16. The normalized spacial score (nSPS) is 18.7. The van der Waals surface area contributed by atoms with E-state index in [-0.39, 0.29) is 30.1 Å². The van der Waals surface area contributed by atoms with Crippen molar-refractivity contribution < 1.29 is 13.9 Å². The first kappa shape index (κ1) is 15.7. The maximum Gasteiger partial charge on any atom is 0.254 e. The van der Waals surface area contributed by atoms with Crippen LogP contribution in [0, 0.1) is 5.82 Å². The van der Waals surface area contributed by atoms with E-state index in [0.29, 0.717) is 12.1 Å². The summed E-state index contributed by atoms with van der Waals surface area (Å²) >= 11 is 0. The smallest absolute Gasteiger partial charge is 0.254 e. The Labute approximate surface area is 118 Å². The quantitative estimate of drug-likeness (QED) is 0.900. The Bertz CT molecular complexity index is 456. The number of methoxy groups -OCH3 is 1. The van der Waals surface area contributed by atoms with E-state index < -0.39 is 5.82 Å². The van der Waals surface area contributed by atoms with Gasteiger partial charge in [-0.1, -0.05) is 0 Å². The molecule has 6 heteroatoms. The van der Waals surface area contributed by atoms with Crippen LogP contribution >= 0.6 is 12.4 Å². The molecule has 0 bridgehead atoms. The average molecular weight is 289 g/mol. The van der Waals surface area contributed by atoms with E-state index in [9.17, 15) is 9.18 Å². The van der Waals surface area contributed by atoms with Crippen molar-refractivity contribution in [3.63, 3.8) is 0 Å². The van der Waals surface area contributed by atoms with Crippen molar-refractivity contribution in [3.05, 3.63) is 29.6 Å². The maximum atomic E-state index is 13.6. The molecule has 1 aromatic rings. The van der Waals surface area contributed by atoms with Crippen LogP contribution in [0.1, 0.15) is 17.3 Å². The molecular weight excluding hydrogens is 271 g/mol. The van der Waals surface area contributed by atoms with E-state index >= 15 is 0 Å². The fraction of sp³-hybridized carbons (Fsp3) is 0.462. The van der Waals surface area contributed by atoms with Gasteiger partial charge in [0.2, 0.25) is 0 Å². The minimum absolute atomic E-state index is 0. The molecule has 1 atom stereocenters. The molecule has 1 saturated heterocycles. The number of piperazine rings is 1. The van der Waals surface area contributed by atoms with E-state index in [0.717, 1.165) is 13.1 Å². The largest absolute Gasteiger partial charge is 0.494 e. The predicted molar refractivity (Wildman–Crippen MR) is 73.6 cm³/mol. The van der Waals surface area contributed by atoms with Crippen LogP contribution in [0.25, 0.3) is 0 Å². The number of amides is 1. The predicted octanol–water partition coefficient (Wildman–Crippen LogP) is 1.69. The topological polar surface area (TPSA) is 41.6 Å². The van der Waals surface area contributed by atoms with E-state index in [1.54, 1.807) is 11.0 Å². The summed E-state index contributed by atoms with van der Waals surface area (Å²) in [6.45, 7) is 4.16. The lowest BCUT2D eigenvalue weighted by atomic mass is 10.1. The molecule has 0 saturated carbocycles. The molecular formula is C13H18ClFN2O2. The van der Waals surface area contributed by atoms with Crippen LogP contribution < -0.4 is 10.1 Å². The number of nitrogens with zero attached hydrogens (tertiary/aromatic N) is 1. The number of rotatable bonds is 2. The summed E-state index contributed by atoms with van der Waals surface area (Å²) in [6, 6.07) is 4.43. The van der Waals surface area contributed by atoms with Crippen molar-refractivity contribution in [2.75, 3.05) is 26.7 Å². The van der Waals surface area contributed by atoms with Crippen LogP contribution in [-0.2, 0) is 0 Å². The highest BCUT2D eigenvalue weighted by molar-refractivity contribution is 5.94. The van der Waals surface area contributed by atoms with Gasteiger partial charge in [0.05, 0.1) is 7.11 Å². The Hall–Kier alpha value is -1.33. The van der Waals surface area contributed by atoms with Crippen molar-refractivity contribution in [1.82, 2.24) is 10.2 Å². The Morgan fingerprint density at radius 1 is 1.53 bits per heavy atom. The van der Waals surface area contributed by atoms with Gasteiger partial charge in [0.15, 0.2) is 11.6 Å². The monoisotopic (exact) mass is 288 g/mol. The number of hydrogen-bond donors (Lipinski definition) is 1. The molecule has 1 aliphatic rings. The molecule has 4 nitrogen and oxygen atoms in total. The van der Waals surface area contributed by atoms with Gasteiger partial charge in [-0.25, -0.2) is 4.39 Å². The first-order valence-electron chi connectivity index (χ1n) is 5.98. The SMILES string of the molecule is COc1ccc(C(=O)N2CCNCC2C)cc1F.Cl. The number of hydrogen-bond acceptors (Lipinski definition) is 3. The summed E-state index contributed by atoms with van der Waals surface area (Å²) in [4.78, 5) is 14.0. The van der Waals surface area contributed by atoms with Gasteiger partial charge < -0.3 is 15.0 Å². The second-order valence-corrected chi connectivity index (χ2v) is 4.40. The lowest BCUT2D eigenvalue weighted by Gasteiger charge is -2.34. The molecule has 106 valence electrons. The first-order valence-corrected chi connectivity index (χ1v) is 5.98. The van der Waals surface area contributed by atoms with Crippen molar-refractivity contribution in [2.24, 2.45) is 0 Å². The summed E-state index contributed by atoms with van der Waals surface area (Å²) in [7, 11) is 1.40. The second kappa shape index (κ2) is 6.73.